The van der Waals surface area contributed by atoms with Gasteiger partial charge >= 0.3 is 8.56 Å². The minimum absolute atomic E-state index is 0.754. The van der Waals surface area contributed by atoms with Crippen LogP contribution in [-0.4, -0.2) is 39.8 Å². The van der Waals surface area contributed by atoms with Crippen molar-refractivity contribution in [1.29, 1.82) is 0 Å². The maximum absolute atomic E-state index is 5.72. The fraction of sp³-hybridized carbons (Fsp3) is 1.00. The molecule has 0 aliphatic rings. The molecule has 0 saturated heterocycles. The minimum Gasteiger partial charge on any atom is -0.395 e. The first-order chi connectivity index (χ1) is 6.68. The third kappa shape index (κ3) is 6.84. The third-order valence-corrected chi connectivity index (χ3v) is 6.20. The van der Waals surface area contributed by atoms with E-state index in [1.165, 1.54) is 0 Å². The van der Waals surface area contributed by atoms with Gasteiger partial charge < -0.3 is 14.6 Å². The van der Waals surface area contributed by atoms with E-state index in [0.29, 0.717) is 0 Å². The first kappa shape index (κ1) is 14.4. The predicted molar refractivity (Wildman–Crippen MR) is 66.1 cm³/mol. The van der Waals surface area contributed by atoms with E-state index in [1.807, 2.05) is 25.6 Å². The average molecular weight is 237 g/mol. The number of hydrogen-bond acceptors (Lipinski definition) is 4. The van der Waals surface area contributed by atoms with Gasteiger partial charge in [-0.15, -0.1) is 0 Å². The van der Waals surface area contributed by atoms with Gasteiger partial charge in [-0.2, -0.15) is 11.8 Å². The molecule has 0 spiro atoms. The Morgan fingerprint density at radius 3 is 2.14 bits per heavy atom. The Balaban J connectivity index is 3.71. The Kier molecular flexibility index (Phi) is 9.01. The average Bonchev–Trinajstić information content (AvgIpc) is 2.13. The summed E-state index contributed by atoms with van der Waals surface area (Å²) >= 11 is 1.88. The van der Waals surface area contributed by atoms with Crippen LogP contribution >= 0.6 is 11.8 Å². The van der Waals surface area contributed by atoms with Gasteiger partial charge in [0.1, 0.15) is 0 Å². The topological polar surface area (TPSA) is 44.5 Å². The summed E-state index contributed by atoms with van der Waals surface area (Å²) in [7, 11) is -1.86. The third-order valence-electron chi connectivity index (χ3n) is 1.86. The van der Waals surface area contributed by atoms with Gasteiger partial charge in [-0.3, -0.25) is 0 Å². The number of nitrogens with two attached hydrogens (primary N) is 1. The second-order valence-corrected chi connectivity index (χ2v) is 7.72. The van der Waals surface area contributed by atoms with Crippen LogP contribution in [0.5, 0.6) is 0 Å². The molecule has 0 unspecified atom stereocenters. The zero-order valence-electron chi connectivity index (χ0n) is 9.54. The molecule has 0 atom stereocenters. The van der Waals surface area contributed by atoms with Crippen molar-refractivity contribution in [3.05, 3.63) is 0 Å². The van der Waals surface area contributed by atoms with Gasteiger partial charge in [0, 0.05) is 25.5 Å². The second-order valence-electron chi connectivity index (χ2n) is 3.15. The van der Waals surface area contributed by atoms with E-state index < -0.39 is 8.56 Å². The van der Waals surface area contributed by atoms with Gasteiger partial charge in [0.05, 0.1) is 0 Å². The number of thioether (sulfide) groups is 1. The highest BCUT2D eigenvalue weighted by atomic mass is 32.2. The van der Waals surface area contributed by atoms with E-state index in [1.54, 1.807) is 0 Å². The molecule has 0 rings (SSSR count). The van der Waals surface area contributed by atoms with Crippen molar-refractivity contribution >= 4 is 20.3 Å². The molecule has 5 heteroatoms. The Bertz CT molecular complexity index is 132. The van der Waals surface area contributed by atoms with Gasteiger partial charge in [0.2, 0.25) is 0 Å². The molecule has 14 heavy (non-hydrogen) atoms. The molecule has 0 aromatic heterocycles. The fourth-order valence-corrected chi connectivity index (χ4v) is 5.26. The zero-order chi connectivity index (χ0) is 10.9. The summed E-state index contributed by atoms with van der Waals surface area (Å²) in [6.07, 6.45) is 0. The summed E-state index contributed by atoms with van der Waals surface area (Å²) in [5.41, 5.74) is 5.42. The highest BCUT2D eigenvalue weighted by Gasteiger charge is 2.29. The first-order valence-electron chi connectivity index (χ1n) is 5.24. The zero-order valence-corrected chi connectivity index (χ0v) is 11.4. The van der Waals surface area contributed by atoms with Crippen molar-refractivity contribution in [2.75, 3.05) is 31.3 Å². The molecule has 86 valence electrons. The summed E-state index contributed by atoms with van der Waals surface area (Å²) < 4.78 is 11.4. The molecule has 0 aromatic rings. The van der Waals surface area contributed by atoms with Crippen LogP contribution in [0.15, 0.2) is 0 Å². The van der Waals surface area contributed by atoms with Crippen molar-refractivity contribution in [3.8, 4) is 0 Å². The van der Waals surface area contributed by atoms with E-state index in [2.05, 4.69) is 6.55 Å². The van der Waals surface area contributed by atoms with Gasteiger partial charge in [0.25, 0.3) is 0 Å². The molecule has 0 amide bonds. The van der Waals surface area contributed by atoms with E-state index >= 15 is 0 Å². The molecule has 2 N–H and O–H groups in total. The van der Waals surface area contributed by atoms with Crippen LogP contribution < -0.4 is 5.73 Å². The molecule has 0 bridgehead atoms. The Labute approximate surface area is 93.0 Å². The molecule has 0 aromatic carbocycles. The lowest BCUT2D eigenvalue weighted by atomic mass is 10.8. The van der Waals surface area contributed by atoms with Crippen molar-refractivity contribution in [3.63, 3.8) is 0 Å². The smallest absolute Gasteiger partial charge is 0.335 e. The summed E-state index contributed by atoms with van der Waals surface area (Å²) in [5, 5.41) is 0. The molecule has 3 nitrogen and oxygen atoms in total. The maximum Gasteiger partial charge on any atom is 0.335 e. The molecule has 0 radical (unpaired) electrons. The molecular formula is C9H23NO2SSi. The summed E-state index contributed by atoms with van der Waals surface area (Å²) in [5.74, 6) is 2.13. The number of rotatable bonds is 9. The quantitative estimate of drug-likeness (QED) is 0.491. The van der Waals surface area contributed by atoms with Crippen molar-refractivity contribution < 1.29 is 8.85 Å². The Hall–Kier alpha value is 0.447. The minimum atomic E-state index is -1.86. The maximum atomic E-state index is 5.72. The largest absolute Gasteiger partial charge is 0.395 e. The SMILES string of the molecule is CCO[Si](C)(CCSCCN)OCC. The van der Waals surface area contributed by atoms with Gasteiger partial charge in [-0.25, -0.2) is 0 Å². The second kappa shape index (κ2) is 8.73. The van der Waals surface area contributed by atoms with E-state index in [4.69, 9.17) is 14.6 Å². The Morgan fingerprint density at radius 2 is 1.71 bits per heavy atom. The lowest BCUT2D eigenvalue weighted by molar-refractivity contribution is 0.190. The van der Waals surface area contributed by atoms with Crippen molar-refractivity contribution in [1.82, 2.24) is 0 Å². The van der Waals surface area contributed by atoms with Crippen LogP contribution in [-0.2, 0) is 8.85 Å². The first-order valence-corrected chi connectivity index (χ1v) is 8.92. The molecule has 0 aliphatic heterocycles. The highest BCUT2D eigenvalue weighted by molar-refractivity contribution is 7.99. The lowest BCUT2D eigenvalue weighted by Crippen LogP contribution is -2.39. The molecule has 0 fully saturated rings. The summed E-state index contributed by atoms with van der Waals surface area (Å²) in [4.78, 5) is 0. The van der Waals surface area contributed by atoms with Crippen LogP contribution in [0.1, 0.15) is 13.8 Å². The van der Waals surface area contributed by atoms with Gasteiger partial charge in [-0.1, -0.05) is 0 Å². The van der Waals surface area contributed by atoms with Crippen LogP contribution in [0.2, 0.25) is 12.6 Å². The Morgan fingerprint density at radius 1 is 1.14 bits per heavy atom. The van der Waals surface area contributed by atoms with E-state index in [-0.39, 0.29) is 0 Å². The summed E-state index contributed by atoms with van der Waals surface area (Å²) in [6.45, 7) is 8.46. The molecule has 0 aliphatic carbocycles. The van der Waals surface area contributed by atoms with Crippen LogP contribution in [0.3, 0.4) is 0 Å². The van der Waals surface area contributed by atoms with Crippen molar-refractivity contribution in [2.45, 2.75) is 26.4 Å². The van der Waals surface area contributed by atoms with Gasteiger partial charge in [0.15, 0.2) is 0 Å². The monoisotopic (exact) mass is 237 g/mol. The van der Waals surface area contributed by atoms with Crippen LogP contribution in [0.25, 0.3) is 0 Å². The van der Waals surface area contributed by atoms with E-state index in [9.17, 15) is 0 Å². The van der Waals surface area contributed by atoms with Gasteiger partial charge in [-0.05, 0) is 32.2 Å². The molecular weight excluding hydrogens is 214 g/mol. The van der Waals surface area contributed by atoms with Crippen molar-refractivity contribution in [2.24, 2.45) is 5.73 Å². The molecule has 0 heterocycles. The number of hydrogen-bond donors (Lipinski definition) is 1. The van der Waals surface area contributed by atoms with Crippen LogP contribution in [0.4, 0.5) is 0 Å². The normalized spacial score (nSPS) is 12.0. The van der Waals surface area contributed by atoms with E-state index in [0.717, 1.165) is 37.3 Å². The highest BCUT2D eigenvalue weighted by Crippen LogP contribution is 2.16. The fourth-order valence-electron chi connectivity index (χ4n) is 1.24. The summed E-state index contributed by atoms with van der Waals surface area (Å²) in [6, 6.07) is 1.05. The standard InChI is InChI=1S/C9H23NO2SSi/c1-4-11-14(3,12-5-2)9-8-13-7-6-10/h4-10H2,1-3H3. The van der Waals surface area contributed by atoms with Crippen LogP contribution in [0, 0.1) is 0 Å². The predicted octanol–water partition coefficient (Wildman–Crippen LogP) is 1.82. The lowest BCUT2D eigenvalue weighted by Gasteiger charge is -2.25. The molecule has 0 saturated carbocycles.